The summed E-state index contributed by atoms with van der Waals surface area (Å²) in [4.78, 5) is 6.16. The fraction of sp³-hybridized carbons (Fsp3) is 0.591. The van der Waals surface area contributed by atoms with Crippen LogP contribution in [0.2, 0.25) is 5.02 Å². The number of aromatic nitrogens is 1. The van der Waals surface area contributed by atoms with Gasteiger partial charge in [0.1, 0.15) is 0 Å². The highest BCUT2D eigenvalue weighted by Crippen LogP contribution is 2.51. The van der Waals surface area contributed by atoms with Crippen molar-refractivity contribution in [1.82, 2.24) is 9.88 Å². The molecule has 15 heteroatoms. The summed E-state index contributed by atoms with van der Waals surface area (Å²) >= 11 is 6.02. The summed E-state index contributed by atoms with van der Waals surface area (Å²) in [5, 5.41) is 4.95. The van der Waals surface area contributed by atoms with Crippen LogP contribution in [-0.4, -0.2) is 67.7 Å². The maximum Gasteiger partial charge on any atom is 0.475 e. The molecule has 0 bridgehead atoms. The third kappa shape index (κ3) is 12.2. The van der Waals surface area contributed by atoms with Gasteiger partial charge in [0.2, 0.25) is 0 Å². The number of fused-ring (bicyclic) bond motifs is 1. The Hall–Kier alpha value is -1.63. The van der Waals surface area contributed by atoms with Gasteiger partial charge in [0, 0.05) is 34.9 Å². The Labute approximate surface area is 216 Å². The van der Waals surface area contributed by atoms with E-state index in [4.69, 9.17) is 16.1 Å². The zero-order chi connectivity index (χ0) is 27.7. The van der Waals surface area contributed by atoms with Gasteiger partial charge in [-0.05, 0) is 57.1 Å². The number of benzene rings is 1. The summed E-state index contributed by atoms with van der Waals surface area (Å²) in [6.45, 7) is 0.453. The lowest BCUT2D eigenvalue weighted by molar-refractivity contribution is -0.170. The van der Waals surface area contributed by atoms with Crippen LogP contribution in [0, 0.1) is 0 Å². The molecule has 7 nitrogen and oxygen atoms in total. The van der Waals surface area contributed by atoms with Gasteiger partial charge >= 0.3 is 20.2 Å². The van der Waals surface area contributed by atoms with Crippen molar-refractivity contribution in [3.8, 4) is 0 Å². The van der Waals surface area contributed by atoms with E-state index in [1.54, 1.807) is 18.3 Å². The molecule has 0 saturated carbocycles. The van der Waals surface area contributed by atoms with E-state index in [1.165, 1.54) is 0 Å². The number of hydrogen-bond acceptors (Lipinski definition) is 7. The van der Waals surface area contributed by atoms with Crippen molar-refractivity contribution in [2.24, 2.45) is 0 Å². The molecule has 37 heavy (non-hydrogen) atoms. The summed E-state index contributed by atoms with van der Waals surface area (Å²) in [5.74, 6) is 0. The van der Waals surface area contributed by atoms with Crippen LogP contribution >= 0.6 is 19.4 Å². The van der Waals surface area contributed by atoms with Crippen molar-refractivity contribution < 1.29 is 44.5 Å². The van der Waals surface area contributed by atoms with Crippen LogP contribution in [0.1, 0.15) is 26.7 Å². The molecule has 2 rings (SSSR count). The predicted molar refractivity (Wildman–Crippen MR) is 129 cm³/mol. The van der Waals surface area contributed by atoms with E-state index >= 15 is 0 Å². The monoisotopic (exact) mass is 579 g/mol. The third-order valence-corrected chi connectivity index (χ3v) is 6.72. The Morgan fingerprint density at radius 1 is 1.05 bits per heavy atom. The molecule has 0 aliphatic heterocycles. The van der Waals surface area contributed by atoms with Gasteiger partial charge in [-0.15, -0.1) is 0 Å². The van der Waals surface area contributed by atoms with E-state index in [-0.39, 0.29) is 12.6 Å². The van der Waals surface area contributed by atoms with Gasteiger partial charge in [0.05, 0.1) is 12.1 Å². The van der Waals surface area contributed by atoms with Crippen LogP contribution < -0.4 is 5.32 Å². The normalized spacial score (nSPS) is 13.9. The number of halogens is 7. The number of alkyl halides is 6. The van der Waals surface area contributed by atoms with E-state index in [9.17, 15) is 30.9 Å². The molecule has 0 saturated heterocycles. The third-order valence-electron chi connectivity index (χ3n) is 5.09. The minimum atomic E-state index is -5.07. The summed E-state index contributed by atoms with van der Waals surface area (Å²) in [5.41, 5.74) is 1.67. The summed E-state index contributed by atoms with van der Waals surface area (Å²) in [7, 11) is -5.07. The molecule has 0 spiro atoms. The van der Waals surface area contributed by atoms with Crippen LogP contribution in [0.4, 0.5) is 32.0 Å². The van der Waals surface area contributed by atoms with Crippen molar-refractivity contribution >= 4 is 36.0 Å². The second kappa shape index (κ2) is 14.0. The molecule has 0 amide bonds. The number of nitrogens with zero attached hydrogens (tertiary/aromatic N) is 2. The molecule has 0 aliphatic carbocycles. The minimum absolute atomic E-state index is 0.0861. The van der Waals surface area contributed by atoms with Gasteiger partial charge in [0.25, 0.3) is 0 Å². The first kappa shape index (κ1) is 31.6. The van der Waals surface area contributed by atoms with Gasteiger partial charge < -0.3 is 10.2 Å². The van der Waals surface area contributed by atoms with E-state index < -0.39 is 40.0 Å². The average molecular weight is 580 g/mol. The molecule has 0 aliphatic rings. The first-order valence-electron chi connectivity index (χ1n) is 11.4. The lowest BCUT2D eigenvalue weighted by Crippen LogP contribution is -2.30. The second-order valence-corrected chi connectivity index (χ2v) is 10.3. The number of nitrogens with one attached hydrogen (secondary N) is 1. The van der Waals surface area contributed by atoms with Gasteiger partial charge in [-0.1, -0.05) is 18.5 Å². The SMILES string of the molecule is CCN(CCC[C@H](C)Nc1ccnc2cc(Cl)ccc12)CCOP(=O)(OCC(F)(F)F)OCC(F)(F)F. The predicted octanol–water partition coefficient (Wildman–Crippen LogP) is 7.07. The topological polar surface area (TPSA) is 72.9 Å². The highest BCUT2D eigenvalue weighted by Gasteiger charge is 2.39. The second-order valence-electron chi connectivity index (χ2n) is 8.20. The Balaban J connectivity index is 1.82. The molecule has 0 radical (unpaired) electrons. The fourth-order valence-corrected chi connectivity index (χ4v) is 4.64. The Morgan fingerprint density at radius 3 is 2.30 bits per heavy atom. The van der Waals surface area contributed by atoms with E-state index in [0.29, 0.717) is 18.1 Å². The zero-order valence-corrected chi connectivity index (χ0v) is 21.9. The smallest absolute Gasteiger partial charge is 0.382 e. The first-order valence-corrected chi connectivity index (χ1v) is 13.2. The molecule has 0 fully saturated rings. The van der Waals surface area contributed by atoms with Crippen LogP contribution in [0.5, 0.6) is 0 Å². The van der Waals surface area contributed by atoms with Crippen molar-refractivity contribution in [2.45, 2.75) is 45.1 Å². The number of rotatable bonds is 15. The van der Waals surface area contributed by atoms with Gasteiger partial charge in [0.15, 0.2) is 13.2 Å². The average Bonchev–Trinajstić information content (AvgIpc) is 2.80. The molecule has 1 N–H and O–H groups in total. The van der Waals surface area contributed by atoms with Gasteiger partial charge in [-0.25, -0.2) is 4.57 Å². The molecule has 1 heterocycles. The van der Waals surface area contributed by atoms with Crippen molar-refractivity contribution in [3.63, 3.8) is 0 Å². The maximum atomic E-state index is 12.4. The van der Waals surface area contributed by atoms with Crippen molar-refractivity contribution in [3.05, 3.63) is 35.5 Å². The number of phosphoric ester groups is 1. The highest BCUT2D eigenvalue weighted by molar-refractivity contribution is 7.48. The summed E-state index contributed by atoms with van der Waals surface area (Å²) in [6, 6.07) is 7.39. The molecule has 2 aromatic rings. The fourth-order valence-electron chi connectivity index (χ4n) is 3.33. The van der Waals surface area contributed by atoms with Crippen LogP contribution in [0.3, 0.4) is 0 Å². The lowest BCUT2D eigenvalue weighted by Gasteiger charge is -2.24. The molecule has 0 unspecified atom stereocenters. The number of likely N-dealkylation sites (N-methyl/N-ethyl adjacent to an activating group) is 1. The van der Waals surface area contributed by atoms with E-state index in [2.05, 4.69) is 19.3 Å². The molecular weight excluding hydrogens is 551 g/mol. The van der Waals surface area contributed by atoms with Crippen LogP contribution in [0.25, 0.3) is 10.9 Å². The summed E-state index contributed by atoms with van der Waals surface area (Å²) < 4.78 is 99.5. The van der Waals surface area contributed by atoms with Crippen molar-refractivity contribution in [2.75, 3.05) is 44.8 Å². The number of hydrogen-bond donors (Lipinski definition) is 1. The Bertz CT molecular complexity index is 1020. The quantitative estimate of drug-likeness (QED) is 0.179. The minimum Gasteiger partial charge on any atom is -0.382 e. The largest absolute Gasteiger partial charge is 0.475 e. The number of phosphoric acid groups is 1. The Kier molecular flexibility index (Phi) is 11.9. The zero-order valence-electron chi connectivity index (χ0n) is 20.2. The molecule has 1 atom stereocenters. The number of anilines is 1. The van der Waals surface area contributed by atoms with Crippen LogP contribution in [-0.2, 0) is 18.1 Å². The standard InChI is InChI=1S/C22H29ClF6N3O4P/c1-3-32(11-12-34-37(33,35-14-21(24,25)26)36-15-22(27,28)29)10-4-5-16(2)31-19-8-9-30-20-13-17(23)6-7-18(19)20/h6-9,13,16H,3-5,10-12,14-15H2,1-2H3,(H,30,31)/t16-/m0/s1. The van der Waals surface area contributed by atoms with Crippen LogP contribution in [0.15, 0.2) is 30.5 Å². The number of pyridine rings is 1. The van der Waals surface area contributed by atoms with Gasteiger partial charge in [-0.3, -0.25) is 18.6 Å². The molecular formula is C22H29ClF6N3O4P. The van der Waals surface area contributed by atoms with E-state index in [0.717, 1.165) is 29.4 Å². The lowest BCUT2D eigenvalue weighted by atomic mass is 10.1. The molecule has 210 valence electrons. The molecule has 1 aromatic heterocycles. The highest BCUT2D eigenvalue weighted by atomic mass is 35.5. The first-order chi connectivity index (χ1) is 17.2. The van der Waals surface area contributed by atoms with E-state index in [1.807, 2.05) is 30.9 Å². The van der Waals surface area contributed by atoms with Gasteiger partial charge in [-0.2, -0.15) is 26.3 Å². The maximum absolute atomic E-state index is 12.4. The Morgan fingerprint density at radius 2 is 1.70 bits per heavy atom. The summed E-state index contributed by atoms with van der Waals surface area (Å²) in [6.07, 6.45) is -6.67. The van der Waals surface area contributed by atoms with Crippen molar-refractivity contribution in [1.29, 1.82) is 0 Å². The molecule has 1 aromatic carbocycles.